The summed E-state index contributed by atoms with van der Waals surface area (Å²) >= 11 is 0. The van der Waals surface area contributed by atoms with Crippen LogP contribution in [0.2, 0.25) is 0 Å². The van der Waals surface area contributed by atoms with Crippen LogP contribution in [0, 0.1) is 12.7 Å². The van der Waals surface area contributed by atoms with Gasteiger partial charge in [0, 0.05) is 23.6 Å². The highest BCUT2D eigenvalue weighted by Crippen LogP contribution is 2.35. The van der Waals surface area contributed by atoms with Gasteiger partial charge in [-0.25, -0.2) is 19.2 Å². The van der Waals surface area contributed by atoms with Gasteiger partial charge < -0.3 is 9.26 Å². The monoisotopic (exact) mass is 497 g/mol. The first-order chi connectivity index (χ1) is 18.1. The van der Waals surface area contributed by atoms with Crippen molar-refractivity contribution < 1.29 is 13.7 Å². The van der Waals surface area contributed by atoms with Crippen LogP contribution in [0.15, 0.2) is 70.6 Å². The minimum atomic E-state index is -0.389. The molecule has 1 atom stereocenters. The molecule has 0 bridgehead atoms. The fourth-order valence-electron chi connectivity index (χ4n) is 4.94. The normalized spacial score (nSPS) is 15.2. The number of imidazole rings is 2. The van der Waals surface area contributed by atoms with Crippen LogP contribution in [0.3, 0.4) is 0 Å². The Morgan fingerprint density at radius 1 is 1.14 bits per heavy atom. The molecule has 1 aliphatic heterocycles. The van der Waals surface area contributed by atoms with E-state index in [1.165, 1.54) is 12.1 Å². The lowest BCUT2D eigenvalue weighted by atomic mass is 10.0. The first-order valence-electron chi connectivity index (χ1n) is 11.8. The zero-order valence-electron chi connectivity index (χ0n) is 19.7. The third-order valence-corrected chi connectivity index (χ3v) is 6.81. The van der Waals surface area contributed by atoms with Crippen LogP contribution in [0.25, 0.3) is 28.1 Å². The number of hydrogen-bond acceptors (Lipinski definition) is 7. The van der Waals surface area contributed by atoms with Gasteiger partial charge in [0.15, 0.2) is 5.65 Å². The molecule has 6 aromatic rings. The lowest BCUT2D eigenvalue weighted by molar-refractivity contribution is 0.255. The van der Waals surface area contributed by atoms with Crippen LogP contribution in [0.1, 0.15) is 29.3 Å². The Morgan fingerprint density at radius 3 is 2.89 bits per heavy atom. The van der Waals surface area contributed by atoms with Crippen LogP contribution in [-0.2, 0) is 6.54 Å². The van der Waals surface area contributed by atoms with Gasteiger partial charge in [-0.05, 0) is 25.1 Å². The van der Waals surface area contributed by atoms with Gasteiger partial charge in [0.2, 0.25) is 5.95 Å². The lowest BCUT2D eigenvalue weighted by Gasteiger charge is -2.26. The van der Waals surface area contributed by atoms with Crippen molar-refractivity contribution in [2.24, 2.45) is 0 Å². The summed E-state index contributed by atoms with van der Waals surface area (Å²) in [6, 6.07) is 11.7. The van der Waals surface area contributed by atoms with E-state index >= 15 is 0 Å². The Kier molecular flexibility index (Phi) is 4.71. The second-order valence-corrected chi connectivity index (χ2v) is 9.00. The molecule has 0 spiro atoms. The molecule has 0 saturated heterocycles. The van der Waals surface area contributed by atoms with Crippen LogP contribution in [0.5, 0.6) is 5.75 Å². The van der Waals surface area contributed by atoms with Crippen LogP contribution >= 0.6 is 0 Å². The Labute approximate surface area is 208 Å². The Hall–Kier alpha value is -4.80. The highest BCUT2D eigenvalue weighted by atomic mass is 19.1. The van der Waals surface area contributed by atoms with Gasteiger partial charge in [-0.2, -0.15) is 4.98 Å². The van der Waals surface area contributed by atoms with E-state index in [-0.39, 0.29) is 30.0 Å². The summed E-state index contributed by atoms with van der Waals surface area (Å²) in [5, 5.41) is 4.06. The molecule has 0 N–H and O–H groups in total. The molecule has 184 valence electrons. The maximum atomic E-state index is 14.0. The molecule has 0 fully saturated rings. The number of fused-ring (bicyclic) bond motifs is 3. The second-order valence-electron chi connectivity index (χ2n) is 9.00. The summed E-state index contributed by atoms with van der Waals surface area (Å²) in [7, 11) is 0. The van der Waals surface area contributed by atoms with Gasteiger partial charge in [0.05, 0.1) is 36.4 Å². The van der Waals surface area contributed by atoms with E-state index < -0.39 is 0 Å². The molecular formula is C26H20FN7O3. The molecule has 4 aromatic heterocycles. The minimum Gasteiger partial charge on any atom is -0.493 e. The molecule has 5 heterocycles. The molecule has 10 nitrogen and oxygen atoms in total. The van der Waals surface area contributed by atoms with E-state index in [9.17, 15) is 9.18 Å². The maximum absolute atomic E-state index is 14.0. The zero-order chi connectivity index (χ0) is 25.1. The minimum absolute atomic E-state index is 0.206. The Morgan fingerprint density at radius 2 is 2.03 bits per heavy atom. The smallest absolute Gasteiger partial charge is 0.331 e. The molecule has 1 aliphatic rings. The van der Waals surface area contributed by atoms with E-state index in [0.29, 0.717) is 40.9 Å². The van der Waals surface area contributed by atoms with Gasteiger partial charge in [-0.1, -0.05) is 23.4 Å². The molecular weight excluding hydrogens is 477 g/mol. The SMILES string of the molecule is Cc1conc1Cn1c(=O)n([C@@H]2CCOc3ccccc32)c2nc(-n3cnc4ccc(F)cc43)ncc21. The summed E-state index contributed by atoms with van der Waals surface area (Å²) in [5.41, 5.74) is 4.30. The van der Waals surface area contributed by atoms with E-state index in [1.54, 1.807) is 38.6 Å². The summed E-state index contributed by atoms with van der Waals surface area (Å²) in [4.78, 5) is 27.7. The van der Waals surface area contributed by atoms with Crippen LogP contribution in [0.4, 0.5) is 4.39 Å². The number of aromatic nitrogens is 7. The van der Waals surface area contributed by atoms with E-state index in [2.05, 4.69) is 15.1 Å². The number of hydrogen-bond donors (Lipinski definition) is 0. The van der Waals surface area contributed by atoms with Gasteiger partial charge in [0.1, 0.15) is 35.4 Å². The third kappa shape index (κ3) is 3.34. The van der Waals surface area contributed by atoms with Crippen molar-refractivity contribution in [3.8, 4) is 11.7 Å². The summed E-state index contributed by atoms with van der Waals surface area (Å²) in [6.45, 7) is 2.55. The molecule has 7 rings (SSSR count). The number of halogens is 1. The zero-order valence-corrected chi connectivity index (χ0v) is 19.7. The van der Waals surface area contributed by atoms with Gasteiger partial charge >= 0.3 is 5.69 Å². The Balaban J connectivity index is 1.47. The first-order valence-corrected chi connectivity index (χ1v) is 11.8. The molecule has 0 amide bonds. The molecule has 11 heteroatoms. The fourth-order valence-corrected chi connectivity index (χ4v) is 4.94. The number of nitrogens with zero attached hydrogens (tertiary/aromatic N) is 7. The fraction of sp³-hybridized carbons (Fsp3) is 0.192. The van der Waals surface area contributed by atoms with E-state index in [0.717, 1.165) is 16.9 Å². The topological polar surface area (TPSA) is 106 Å². The largest absolute Gasteiger partial charge is 0.493 e. The number of benzene rings is 2. The van der Waals surface area contributed by atoms with Crippen molar-refractivity contribution in [3.05, 3.63) is 94.4 Å². The van der Waals surface area contributed by atoms with Crippen molar-refractivity contribution in [1.82, 2.24) is 33.8 Å². The summed E-state index contributed by atoms with van der Waals surface area (Å²) in [5.74, 6) is 0.633. The van der Waals surface area contributed by atoms with E-state index in [1.807, 2.05) is 31.2 Å². The first kappa shape index (κ1) is 21.5. The second kappa shape index (κ2) is 8.12. The van der Waals surface area contributed by atoms with Gasteiger partial charge in [-0.3, -0.25) is 13.7 Å². The molecule has 0 aliphatic carbocycles. The number of rotatable bonds is 4. The number of ether oxygens (including phenoxy) is 1. The highest BCUT2D eigenvalue weighted by molar-refractivity contribution is 5.78. The summed E-state index contributed by atoms with van der Waals surface area (Å²) < 4.78 is 29.9. The quantitative estimate of drug-likeness (QED) is 0.365. The lowest BCUT2D eigenvalue weighted by Crippen LogP contribution is -2.31. The Bertz CT molecular complexity index is 1870. The molecule has 2 aromatic carbocycles. The predicted octanol–water partition coefficient (Wildman–Crippen LogP) is 3.79. The van der Waals surface area contributed by atoms with E-state index in [4.69, 9.17) is 14.2 Å². The summed E-state index contributed by atoms with van der Waals surface area (Å²) in [6.07, 6.45) is 5.30. The van der Waals surface area contributed by atoms with Gasteiger partial charge in [-0.15, -0.1) is 0 Å². The maximum Gasteiger partial charge on any atom is 0.331 e. The number of para-hydroxylation sites is 1. The van der Waals surface area contributed by atoms with Crippen LogP contribution in [-0.4, -0.2) is 40.4 Å². The average Bonchev–Trinajstić information content (AvgIpc) is 3.59. The molecule has 0 unspecified atom stereocenters. The van der Waals surface area contributed by atoms with Crippen molar-refractivity contribution in [1.29, 1.82) is 0 Å². The van der Waals surface area contributed by atoms with Crippen molar-refractivity contribution in [2.75, 3.05) is 6.61 Å². The number of aryl methyl sites for hydroxylation is 1. The molecule has 37 heavy (non-hydrogen) atoms. The van der Waals surface area contributed by atoms with Gasteiger partial charge in [0.25, 0.3) is 0 Å². The van der Waals surface area contributed by atoms with Crippen molar-refractivity contribution in [3.63, 3.8) is 0 Å². The average molecular weight is 497 g/mol. The predicted molar refractivity (Wildman–Crippen MR) is 131 cm³/mol. The molecule has 0 saturated carbocycles. The van der Waals surface area contributed by atoms with Crippen LogP contribution < -0.4 is 10.4 Å². The standard InChI is InChI=1S/C26H20FN7O3/c1-15-13-37-31-19(15)12-32-22-11-28-25(33-14-29-18-7-6-16(27)10-21(18)33)30-24(22)34(26(32)35)20-8-9-36-23-5-3-2-4-17(20)23/h2-7,10-11,13-14,20H,8-9,12H2,1H3/t20-/m1/s1. The molecule has 0 radical (unpaired) electrons. The highest BCUT2D eigenvalue weighted by Gasteiger charge is 2.29. The third-order valence-electron chi connectivity index (χ3n) is 6.81. The van der Waals surface area contributed by atoms with Crippen molar-refractivity contribution >= 4 is 22.2 Å². The van der Waals surface area contributed by atoms with Crippen molar-refractivity contribution in [2.45, 2.75) is 25.9 Å².